The van der Waals surface area contributed by atoms with Crippen LogP contribution in [0.2, 0.25) is 0 Å². The maximum Gasteiger partial charge on any atom is 0.277 e. The number of anilines is 1. The summed E-state index contributed by atoms with van der Waals surface area (Å²) in [4.78, 5) is 13.8. The molecule has 1 fully saturated rings. The molecule has 5 nitrogen and oxygen atoms in total. The fraction of sp³-hybridized carbons (Fsp3) is 0.304. The molecule has 0 unspecified atom stereocenters. The van der Waals surface area contributed by atoms with E-state index in [9.17, 15) is 10.1 Å². The van der Waals surface area contributed by atoms with Gasteiger partial charge in [-0.25, -0.2) is 0 Å². The van der Waals surface area contributed by atoms with Gasteiger partial charge in [-0.15, -0.1) is 0 Å². The van der Waals surface area contributed by atoms with E-state index in [0.29, 0.717) is 0 Å². The molecule has 0 spiro atoms. The molecule has 5 heteroatoms. The van der Waals surface area contributed by atoms with Gasteiger partial charge in [0.2, 0.25) is 0 Å². The van der Waals surface area contributed by atoms with Gasteiger partial charge in [0.25, 0.3) is 5.69 Å². The zero-order valence-electron chi connectivity index (χ0n) is 16.2. The zero-order valence-corrected chi connectivity index (χ0v) is 16.2. The van der Waals surface area contributed by atoms with Crippen molar-refractivity contribution < 1.29 is 4.92 Å². The van der Waals surface area contributed by atoms with Crippen molar-refractivity contribution in [2.45, 2.75) is 32.7 Å². The second-order valence-electron chi connectivity index (χ2n) is 7.47. The van der Waals surface area contributed by atoms with Crippen molar-refractivity contribution in [2.24, 2.45) is 0 Å². The summed E-state index contributed by atoms with van der Waals surface area (Å²) < 4.78 is 2.24. The molecule has 4 rings (SSSR count). The van der Waals surface area contributed by atoms with E-state index in [2.05, 4.69) is 33.9 Å². The summed E-state index contributed by atoms with van der Waals surface area (Å²) in [6, 6.07) is 17.8. The summed E-state index contributed by atoms with van der Waals surface area (Å²) in [6.45, 7) is 4.77. The van der Waals surface area contributed by atoms with E-state index in [-0.39, 0.29) is 10.6 Å². The van der Waals surface area contributed by atoms with Gasteiger partial charge in [-0.3, -0.25) is 10.1 Å². The van der Waals surface area contributed by atoms with E-state index >= 15 is 0 Å². The molecule has 1 aliphatic rings. The second kappa shape index (κ2) is 7.89. The Labute approximate surface area is 165 Å². The van der Waals surface area contributed by atoms with Crippen LogP contribution in [0, 0.1) is 17.0 Å². The van der Waals surface area contributed by atoms with Crippen LogP contribution in [0.3, 0.4) is 0 Å². The molecule has 0 N–H and O–H groups in total. The van der Waals surface area contributed by atoms with Gasteiger partial charge in [0, 0.05) is 37.5 Å². The summed E-state index contributed by atoms with van der Waals surface area (Å²) in [5.74, 6) is 1.15. The Morgan fingerprint density at radius 2 is 1.75 bits per heavy atom. The second-order valence-corrected chi connectivity index (χ2v) is 7.47. The third-order valence-electron chi connectivity index (χ3n) is 5.49. The number of nitrogens with zero attached hydrogens (tertiary/aromatic N) is 3. The van der Waals surface area contributed by atoms with Gasteiger partial charge in [-0.05, 0) is 43.4 Å². The first-order chi connectivity index (χ1) is 13.6. The summed E-state index contributed by atoms with van der Waals surface area (Å²) in [7, 11) is 0. The average molecular weight is 375 g/mol. The fourth-order valence-corrected chi connectivity index (χ4v) is 4.11. The first kappa shape index (κ1) is 18.3. The number of rotatable bonds is 5. The molecule has 0 atom stereocenters. The lowest BCUT2D eigenvalue weighted by Crippen LogP contribution is -2.31. The highest BCUT2D eigenvalue weighted by molar-refractivity contribution is 5.79. The Kier molecular flexibility index (Phi) is 5.15. The third-order valence-corrected chi connectivity index (χ3v) is 5.49. The molecular formula is C23H25N3O2. The normalized spacial score (nSPS) is 14.2. The Morgan fingerprint density at radius 3 is 2.46 bits per heavy atom. The zero-order chi connectivity index (χ0) is 19.5. The first-order valence-electron chi connectivity index (χ1n) is 9.87. The fourth-order valence-electron chi connectivity index (χ4n) is 4.11. The lowest BCUT2D eigenvalue weighted by atomic mass is 10.0. The number of nitro benzene ring substituents is 1. The van der Waals surface area contributed by atoms with E-state index in [0.717, 1.165) is 42.1 Å². The van der Waals surface area contributed by atoms with E-state index < -0.39 is 0 Å². The molecule has 1 aromatic heterocycles. The third kappa shape index (κ3) is 3.65. The van der Waals surface area contributed by atoms with Crippen LogP contribution in [0.1, 0.15) is 30.4 Å². The molecule has 0 radical (unpaired) electrons. The van der Waals surface area contributed by atoms with Gasteiger partial charge >= 0.3 is 0 Å². The van der Waals surface area contributed by atoms with Crippen LogP contribution in [0.25, 0.3) is 11.1 Å². The quantitative estimate of drug-likeness (QED) is 0.442. The Morgan fingerprint density at radius 1 is 1.00 bits per heavy atom. The molecule has 0 bridgehead atoms. The van der Waals surface area contributed by atoms with E-state index in [4.69, 9.17) is 0 Å². The number of nitro groups is 1. The highest BCUT2D eigenvalue weighted by Gasteiger charge is 2.22. The summed E-state index contributed by atoms with van der Waals surface area (Å²) in [5, 5.41) is 11.6. The monoisotopic (exact) mass is 375 g/mol. The van der Waals surface area contributed by atoms with Crippen molar-refractivity contribution >= 4 is 11.5 Å². The van der Waals surface area contributed by atoms with Crippen molar-refractivity contribution in [1.29, 1.82) is 0 Å². The van der Waals surface area contributed by atoms with Gasteiger partial charge in [0.1, 0.15) is 5.82 Å². The average Bonchev–Trinajstić information content (AvgIpc) is 3.12. The lowest BCUT2D eigenvalue weighted by molar-refractivity contribution is -0.384. The highest BCUT2D eigenvalue weighted by Crippen LogP contribution is 2.37. The summed E-state index contributed by atoms with van der Waals surface area (Å²) >= 11 is 0. The SMILES string of the molecule is Cc1cccc([N+](=O)[O-])c1-c1cc(N2CCCCC2)n(Cc2ccccc2)c1. The molecule has 1 saturated heterocycles. The molecule has 144 valence electrons. The topological polar surface area (TPSA) is 51.3 Å². The first-order valence-corrected chi connectivity index (χ1v) is 9.87. The largest absolute Gasteiger partial charge is 0.358 e. The number of benzene rings is 2. The predicted molar refractivity (Wildman–Crippen MR) is 113 cm³/mol. The Balaban J connectivity index is 1.80. The highest BCUT2D eigenvalue weighted by atomic mass is 16.6. The summed E-state index contributed by atoms with van der Waals surface area (Å²) in [5.41, 5.74) is 3.96. The molecule has 1 aliphatic heterocycles. The molecule has 0 aliphatic carbocycles. The number of hydrogen-bond donors (Lipinski definition) is 0. The smallest absolute Gasteiger partial charge is 0.277 e. The van der Waals surface area contributed by atoms with Crippen LogP contribution in [-0.4, -0.2) is 22.6 Å². The molecular weight excluding hydrogens is 350 g/mol. The minimum Gasteiger partial charge on any atom is -0.358 e. The van der Waals surface area contributed by atoms with Gasteiger partial charge in [0.05, 0.1) is 10.5 Å². The molecule has 3 aromatic rings. The van der Waals surface area contributed by atoms with E-state index in [1.54, 1.807) is 12.1 Å². The Bertz CT molecular complexity index is 973. The molecule has 2 aromatic carbocycles. The van der Waals surface area contributed by atoms with Gasteiger partial charge in [-0.2, -0.15) is 0 Å². The maximum absolute atomic E-state index is 11.6. The van der Waals surface area contributed by atoms with Crippen LogP contribution in [0.4, 0.5) is 11.5 Å². The molecule has 28 heavy (non-hydrogen) atoms. The standard InChI is InChI=1S/C23H25N3O2/c1-18-9-8-12-21(26(27)28)23(18)20-15-22(24-13-6-3-7-14-24)25(17-20)16-19-10-4-2-5-11-19/h2,4-5,8-12,15,17H,3,6-7,13-14,16H2,1H3. The van der Waals surface area contributed by atoms with Gasteiger partial charge < -0.3 is 9.47 Å². The minimum absolute atomic E-state index is 0.169. The molecule has 0 saturated carbocycles. The predicted octanol–water partition coefficient (Wildman–Crippen LogP) is 5.41. The number of hydrogen-bond acceptors (Lipinski definition) is 3. The number of aryl methyl sites for hydroxylation is 1. The van der Waals surface area contributed by atoms with Crippen molar-refractivity contribution in [3.8, 4) is 11.1 Å². The summed E-state index contributed by atoms with van der Waals surface area (Å²) in [6.07, 6.45) is 5.73. The maximum atomic E-state index is 11.6. The van der Waals surface area contributed by atoms with Crippen LogP contribution in [0.15, 0.2) is 60.8 Å². The van der Waals surface area contributed by atoms with Crippen LogP contribution < -0.4 is 4.90 Å². The van der Waals surface area contributed by atoms with Crippen molar-refractivity contribution in [3.63, 3.8) is 0 Å². The van der Waals surface area contributed by atoms with E-state index in [1.807, 2.05) is 31.2 Å². The molecule has 2 heterocycles. The van der Waals surface area contributed by atoms with Crippen molar-refractivity contribution in [3.05, 3.63) is 82.0 Å². The van der Waals surface area contributed by atoms with Gasteiger partial charge in [0.15, 0.2) is 0 Å². The van der Waals surface area contributed by atoms with E-state index in [1.165, 1.54) is 24.8 Å². The van der Waals surface area contributed by atoms with Crippen LogP contribution in [0.5, 0.6) is 0 Å². The minimum atomic E-state index is -0.280. The molecule has 0 amide bonds. The lowest BCUT2D eigenvalue weighted by Gasteiger charge is -2.29. The van der Waals surface area contributed by atoms with Gasteiger partial charge in [-0.1, -0.05) is 42.5 Å². The van der Waals surface area contributed by atoms with Crippen molar-refractivity contribution in [2.75, 3.05) is 18.0 Å². The number of piperidine rings is 1. The number of aromatic nitrogens is 1. The Hall–Kier alpha value is -3.08. The van der Waals surface area contributed by atoms with Crippen LogP contribution in [-0.2, 0) is 6.54 Å². The van der Waals surface area contributed by atoms with Crippen molar-refractivity contribution in [1.82, 2.24) is 4.57 Å². The van der Waals surface area contributed by atoms with Crippen LogP contribution >= 0.6 is 0 Å².